The van der Waals surface area contributed by atoms with Crippen molar-refractivity contribution in [3.63, 3.8) is 0 Å². The lowest BCUT2D eigenvalue weighted by atomic mass is 10.2. The molecule has 2 aromatic carbocycles. The third-order valence-electron chi connectivity index (χ3n) is 3.54. The molecule has 0 aliphatic heterocycles. The third kappa shape index (κ3) is 4.77. The number of aryl methyl sites for hydroxylation is 1. The van der Waals surface area contributed by atoms with Crippen LogP contribution in [0.25, 0.3) is 0 Å². The summed E-state index contributed by atoms with van der Waals surface area (Å²) in [6.07, 6.45) is 0. The van der Waals surface area contributed by atoms with Crippen LogP contribution in [0, 0.1) is 12.7 Å². The Morgan fingerprint density at radius 1 is 1.16 bits per heavy atom. The number of carbonyl (C=O) groups is 1. The van der Waals surface area contributed by atoms with Gasteiger partial charge in [-0.3, -0.25) is 4.79 Å². The largest absolute Gasteiger partial charge is 0.376 e. The molecule has 2 N–H and O–H groups in total. The molecule has 0 atom stereocenters. The number of hydrogen-bond acceptors (Lipinski definition) is 4. The third-order valence-corrected chi connectivity index (χ3v) is 5.35. The Morgan fingerprint density at radius 2 is 1.88 bits per heavy atom. The van der Waals surface area contributed by atoms with Crippen LogP contribution in [-0.4, -0.2) is 39.3 Å². The number of halogens is 1. The summed E-state index contributed by atoms with van der Waals surface area (Å²) in [7, 11) is -0.651. The van der Waals surface area contributed by atoms with Crippen molar-refractivity contribution < 1.29 is 17.6 Å². The van der Waals surface area contributed by atoms with Crippen molar-refractivity contribution >= 4 is 27.3 Å². The van der Waals surface area contributed by atoms with E-state index in [-0.39, 0.29) is 17.3 Å². The first kappa shape index (κ1) is 18.9. The van der Waals surface area contributed by atoms with E-state index in [1.54, 1.807) is 19.1 Å². The lowest BCUT2D eigenvalue weighted by Gasteiger charge is -2.15. The molecule has 2 rings (SSSR count). The van der Waals surface area contributed by atoms with Gasteiger partial charge in [-0.05, 0) is 42.8 Å². The van der Waals surface area contributed by atoms with Crippen LogP contribution in [-0.2, 0) is 14.8 Å². The highest BCUT2D eigenvalue weighted by Crippen LogP contribution is 2.21. The lowest BCUT2D eigenvalue weighted by Crippen LogP contribution is -2.24. The smallest absolute Gasteiger partial charge is 0.243 e. The van der Waals surface area contributed by atoms with E-state index >= 15 is 0 Å². The maximum Gasteiger partial charge on any atom is 0.243 e. The zero-order valence-corrected chi connectivity index (χ0v) is 15.0. The van der Waals surface area contributed by atoms with Crippen molar-refractivity contribution in [2.45, 2.75) is 11.8 Å². The van der Waals surface area contributed by atoms with Gasteiger partial charge in [0.2, 0.25) is 15.9 Å². The SMILES string of the molecule is Cc1ccc(S(=O)(=O)N(C)C)cc1NCC(=O)Nc1cccc(F)c1. The molecule has 0 spiro atoms. The van der Waals surface area contributed by atoms with E-state index in [1.165, 1.54) is 44.4 Å². The molecule has 134 valence electrons. The number of nitrogens with zero attached hydrogens (tertiary/aromatic N) is 1. The monoisotopic (exact) mass is 365 g/mol. The molecule has 0 bridgehead atoms. The fraction of sp³-hybridized carbons (Fsp3) is 0.235. The van der Waals surface area contributed by atoms with E-state index in [9.17, 15) is 17.6 Å². The Morgan fingerprint density at radius 3 is 2.52 bits per heavy atom. The van der Waals surface area contributed by atoms with Gasteiger partial charge in [0.15, 0.2) is 0 Å². The molecule has 0 saturated carbocycles. The molecular formula is C17H20FN3O3S. The van der Waals surface area contributed by atoms with Crippen LogP contribution in [0.3, 0.4) is 0 Å². The van der Waals surface area contributed by atoms with E-state index in [1.807, 2.05) is 0 Å². The standard InChI is InChI=1S/C17H20FN3O3S/c1-12-7-8-15(25(23,24)21(2)3)10-16(12)19-11-17(22)20-14-6-4-5-13(18)9-14/h4-10,19H,11H2,1-3H3,(H,20,22). The van der Waals surface area contributed by atoms with Crippen LogP contribution >= 0.6 is 0 Å². The highest BCUT2D eigenvalue weighted by molar-refractivity contribution is 7.89. The molecule has 0 aliphatic rings. The molecule has 0 aromatic heterocycles. The summed E-state index contributed by atoms with van der Waals surface area (Å²) in [5.74, 6) is -0.811. The number of nitrogens with one attached hydrogen (secondary N) is 2. The highest BCUT2D eigenvalue weighted by Gasteiger charge is 2.18. The van der Waals surface area contributed by atoms with Gasteiger partial charge in [0.1, 0.15) is 5.82 Å². The Hall–Kier alpha value is -2.45. The number of carbonyl (C=O) groups excluding carboxylic acids is 1. The molecule has 25 heavy (non-hydrogen) atoms. The van der Waals surface area contributed by atoms with E-state index in [0.29, 0.717) is 11.4 Å². The average Bonchev–Trinajstić information content (AvgIpc) is 2.53. The minimum absolute atomic E-state index is 0.0805. The normalized spacial score (nSPS) is 11.4. The predicted molar refractivity (Wildman–Crippen MR) is 95.6 cm³/mol. The molecule has 0 unspecified atom stereocenters. The topological polar surface area (TPSA) is 78.5 Å². The summed E-state index contributed by atoms with van der Waals surface area (Å²) < 4.78 is 38.6. The maximum atomic E-state index is 13.1. The molecule has 0 fully saturated rings. The van der Waals surface area contributed by atoms with Gasteiger partial charge < -0.3 is 10.6 Å². The fourth-order valence-electron chi connectivity index (χ4n) is 2.11. The number of anilines is 2. The van der Waals surface area contributed by atoms with Gasteiger partial charge in [0.25, 0.3) is 0 Å². The van der Waals surface area contributed by atoms with Crippen molar-refractivity contribution in [2.24, 2.45) is 0 Å². The Labute approximate surface area is 146 Å². The van der Waals surface area contributed by atoms with Gasteiger partial charge in [-0.25, -0.2) is 17.1 Å². The molecule has 0 heterocycles. The quantitative estimate of drug-likeness (QED) is 0.824. The van der Waals surface area contributed by atoms with Gasteiger partial charge in [-0.15, -0.1) is 0 Å². The second-order valence-electron chi connectivity index (χ2n) is 5.68. The fourth-order valence-corrected chi connectivity index (χ4v) is 3.04. The molecule has 1 amide bonds. The van der Waals surface area contributed by atoms with Gasteiger partial charge in [-0.1, -0.05) is 12.1 Å². The molecule has 0 aliphatic carbocycles. The van der Waals surface area contributed by atoms with Crippen LogP contribution in [0.4, 0.5) is 15.8 Å². The molecule has 2 aromatic rings. The molecule has 8 heteroatoms. The minimum atomic E-state index is -3.56. The summed E-state index contributed by atoms with van der Waals surface area (Å²) in [6.45, 7) is 1.72. The summed E-state index contributed by atoms with van der Waals surface area (Å²) in [5.41, 5.74) is 1.70. The van der Waals surface area contributed by atoms with Crippen LogP contribution in [0.15, 0.2) is 47.4 Å². The number of amides is 1. The number of rotatable bonds is 6. The summed E-state index contributed by atoms with van der Waals surface area (Å²) >= 11 is 0. The predicted octanol–water partition coefficient (Wildman–Crippen LogP) is 2.44. The number of hydrogen-bond donors (Lipinski definition) is 2. The van der Waals surface area contributed by atoms with Gasteiger partial charge in [0.05, 0.1) is 11.4 Å². The molecular weight excluding hydrogens is 345 g/mol. The Bertz CT molecular complexity index is 882. The summed E-state index contributed by atoms with van der Waals surface area (Å²) in [6, 6.07) is 10.3. The zero-order chi connectivity index (χ0) is 18.6. The van der Waals surface area contributed by atoms with E-state index in [2.05, 4.69) is 10.6 Å². The Balaban J connectivity index is 2.09. The Kier molecular flexibility index (Phi) is 5.76. The number of benzene rings is 2. The number of sulfonamides is 1. The van der Waals surface area contributed by atoms with Crippen molar-refractivity contribution in [3.8, 4) is 0 Å². The van der Waals surface area contributed by atoms with Crippen LogP contribution in [0.1, 0.15) is 5.56 Å². The van der Waals surface area contributed by atoms with E-state index in [0.717, 1.165) is 9.87 Å². The van der Waals surface area contributed by atoms with Crippen molar-refractivity contribution in [1.82, 2.24) is 4.31 Å². The summed E-state index contributed by atoms with van der Waals surface area (Å²) in [5, 5.41) is 5.48. The highest BCUT2D eigenvalue weighted by atomic mass is 32.2. The van der Waals surface area contributed by atoms with Crippen LogP contribution in [0.2, 0.25) is 0 Å². The van der Waals surface area contributed by atoms with Gasteiger partial charge in [-0.2, -0.15) is 0 Å². The van der Waals surface area contributed by atoms with E-state index < -0.39 is 15.8 Å². The molecule has 0 saturated heterocycles. The van der Waals surface area contributed by atoms with Crippen molar-refractivity contribution in [1.29, 1.82) is 0 Å². The first-order valence-electron chi connectivity index (χ1n) is 7.52. The first-order valence-corrected chi connectivity index (χ1v) is 8.96. The second kappa shape index (κ2) is 7.62. The zero-order valence-electron chi connectivity index (χ0n) is 14.2. The van der Waals surface area contributed by atoms with Crippen LogP contribution in [0.5, 0.6) is 0 Å². The maximum absolute atomic E-state index is 13.1. The van der Waals surface area contributed by atoms with Gasteiger partial charge >= 0.3 is 0 Å². The van der Waals surface area contributed by atoms with Crippen molar-refractivity contribution in [2.75, 3.05) is 31.3 Å². The summed E-state index contributed by atoms with van der Waals surface area (Å²) in [4.78, 5) is 12.1. The molecule has 6 nitrogen and oxygen atoms in total. The van der Waals surface area contributed by atoms with Crippen LogP contribution < -0.4 is 10.6 Å². The average molecular weight is 365 g/mol. The van der Waals surface area contributed by atoms with E-state index in [4.69, 9.17) is 0 Å². The first-order chi connectivity index (χ1) is 11.7. The minimum Gasteiger partial charge on any atom is -0.376 e. The van der Waals surface area contributed by atoms with Gasteiger partial charge in [0, 0.05) is 25.5 Å². The molecule has 0 radical (unpaired) electrons. The van der Waals surface area contributed by atoms with Crippen molar-refractivity contribution in [3.05, 3.63) is 53.8 Å². The second-order valence-corrected chi connectivity index (χ2v) is 7.83. The lowest BCUT2D eigenvalue weighted by molar-refractivity contribution is -0.114.